The fourth-order valence-corrected chi connectivity index (χ4v) is 1.51. The first-order valence-electron chi connectivity index (χ1n) is 4.20. The predicted octanol–water partition coefficient (Wildman–Crippen LogP) is 1.39. The molecule has 1 aromatic rings. The first-order chi connectivity index (χ1) is 5.88. The third-order valence-electron chi connectivity index (χ3n) is 2.15. The number of hydrogen-bond acceptors (Lipinski definition) is 3. The second-order valence-electron chi connectivity index (χ2n) is 3.03. The zero-order chi connectivity index (χ0) is 8.39. The van der Waals surface area contributed by atoms with Gasteiger partial charge in [0.15, 0.2) is 5.78 Å². The predicted molar refractivity (Wildman–Crippen MR) is 43.9 cm³/mol. The van der Waals surface area contributed by atoms with Crippen LogP contribution in [-0.2, 0) is 6.42 Å². The first-order valence-corrected chi connectivity index (χ1v) is 4.20. The molecule has 0 radical (unpaired) electrons. The van der Waals surface area contributed by atoms with Gasteiger partial charge in [0.1, 0.15) is 12.0 Å². The van der Waals surface area contributed by atoms with Crippen molar-refractivity contribution in [3.8, 4) is 0 Å². The highest BCUT2D eigenvalue weighted by Crippen LogP contribution is 2.16. The van der Waals surface area contributed by atoms with Crippen LogP contribution < -0.4 is 0 Å². The molecular weight excluding hydrogens is 152 g/mol. The summed E-state index contributed by atoms with van der Waals surface area (Å²) in [7, 11) is 0. The molecular formula is C9H10N2O. The molecule has 0 bridgehead atoms. The molecule has 0 amide bonds. The van der Waals surface area contributed by atoms with E-state index in [0.29, 0.717) is 12.1 Å². The lowest BCUT2D eigenvalue weighted by atomic mass is 10.1. The molecule has 1 aliphatic carbocycles. The van der Waals surface area contributed by atoms with Crippen LogP contribution in [0.1, 0.15) is 35.3 Å². The van der Waals surface area contributed by atoms with Gasteiger partial charge in [0.25, 0.3) is 0 Å². The van der Waals surface area contributed by atoms with Gasteiger partial charge in [0.2, 0.25) is 0 Å². The van der Waals surface area contributed by atoms with E-state index in [0.717, 1.165) is 24.8 Å². The molecule has 0 atom stereocenters. The van der Waals surface area contributed by atoms with Gasteiger partial charge in [-0.15, -0.1) is 0 Å². The molecule has 0 aromatic carbocycles. The summed E-state index contributed by atoms with van der Waals surface area (Å²) < 4.78 is 0. The molecule has 3 nitrogen and oxygen atoms in total. The number of fused-ring (bicyclic) bond motifs is 1. The van der Waals surface area contributed by atoms with Gasteiger partial charge in [0.05, 0.1) is 0 Å². The molecule has 0 spiro atoms. The Morgan fingerprint density at radius 2 is 2.08 bits per heavy atom. The van der Waals surface area contributed by atoms with Crippen molar-refractivity contribution in [3.05, 3.63) is 23.8 Å². The van der Waals surface area contributed by atoms with Crippen LogP contribution in [-0.4, -0.2) is 15.8 Å². The number of rotatable bonds is 0. The summed E-state index contributed by atoms with van der Waals surface area (Å²) in [4.78, 5) is 19.3. The monoisotopic (exact) mass is 162 g/mol. The maximum atomic E-state index is 11.4. The van der Waals surface area contributed by atoms with Crippen LogP contribution >= 0.6 is 0 Å². The Morgan fingerprint density at radius 3 is 3.00 bits per heavy atom. The third kappa shape index (κ3) is 1.22. The number of Topliss-reactive ketones (excluding diaryl/α,β-unsaturated/α-hetero) is 1. The van der Waals surface area contributed by atoms with Crippen molar-refractivity contribution >= 4 is 5.78 Å². The topological polar surface area (TPSA) is 42.9 Å². The Labute approximate surface area is 70.9 Å². The Bertz CT molecular complexity index is 309. The molecule has 0 saturated heterocycles. The molecule has 1 heterocycles. The van der Waals surface area contributed by atoms with Crippen molar-refractivity contribution in [2.45, 2.75) is 25.7 Å². The number of aryl methyl sites for hydroxylation is 1. The maximum Gasteiger partial charge on any atom is 0.181 e. The van der Waals surface area contributed by atoms with Gasteiger partial charge in [-0.05, 0) is 24.8 Å². The summed E-state index contributed by atoms with van der Waals surface area (Å²) in [5, 5.41) is 0. The molecule has 12 heavy (non-hydrogen) atoms. The van der Waals surface area contributed by atoms with Crippen molar-refractivity contribution in [1.82, 2.24) is 9.97 Å². The smallest absolute Gasteiger partial charge is 0.181 e. The molecule has 0 unspecified atom stereocenters. The second kappa shape index (κ2) is 3.01. The van der Waals surface area contributed by atoms with Gasteiger partial charge in [-0.1, -0.05) is 0 Å². The molecule has 62 valence electrons. The minimum Gasteiger partial charge on any atom is -0.292 e. The molecule has 0 saturated carbocycles. The minimum absolute atomic E-state index is 0.171. The van der Waals surface area contributed by atoms with Crippen LogP contribution in [0.2, 0.25) is 0 Å². The number of ketones is 1. The standard InChI is InChI=1S/C9H10N2O/c12-8-4-2-1-3-7-5-10-6-11-9(7)8/h5-6H,1-4H2. The maximum absolute atomic E-state index is 11.4. The van der Waals surface area contributed by atoms with E-state index < -0.39 is 0 Å². The van der Waals surface area contributed by atoms with E-state index >= 15 is 0 Å². The third-order valence-corrected chi connectivity index (χ3v) is 2.15. The van der Waals surface area contributed by atoms with E-state index in [1.807, 2.05) is 0 Å². The first kappa shape index (κ1) is 7.40. The molecule has 1 aromatic heterocycles. The average Bonchev–Trinajstić information content (AvgIpc) is 2.29. The Hall–Kier alpha value is -1.25. The highest BCUT2D eigenvalue weighted by Gasteiger charge is 2.15. The summed E-state index contributed by atoms with van der Waals surface area (Å²) in [5.41, 5.74) is 1.66. The molecule has 2 rings (SSSR count). The van der Waals surface area contributed by atoms with Gasteiger partial charge in [-0.25, -0.2) is 9.97 Å². The highest BCUT2D eigenvalue weighted by molar-refractivity contribution is 5.95. The summed E-state index contributed by atoms with van der Waals surface area (Å²) >= 11 is 0. The van der Waals surface area contributed by atoms with Crippen LogP contribution in [0.25, 0.3) is 0 Å². The number of carbonyl (C=O) groups excluding carboxylic acids is 1. The lowest BCUT2D eigenvalue weighted by molar-refractivity contribution is 0.0977. The van der Waals surface area contributed by atoms with Gasteiger partial charge in [0, 0.05) is 12.6 Å². The van der Waals surface area contributed by atoms with Crippen LogP contribution in [0.4, 0.5) is 0 Å². The number of hydrogen-bond donors (Lipinski definition) is 0. The summed E-state index contributed by atoms with van der Waals surface area (Å²) in [5.74, 6) is 0.171. The summed E-state index contributed by atoms with van der Waals surface area (Å²) in [6, 6.07) is 0. The zero-order valence-electron chi connectivity index (χ0n) is 6.79. The zero-order valence-corrected chi connectivity index (χ0v) is 6.79. The lowest BCUT2D eigenvalue weighted by Crippen LogP contribution is -2.03. The van der Waals surface area contributed by atoms with E-state index in [9.17, 15) is 4.79 Å². The SMILES string of the molecule is O=C1CCCCc2cncnc21. The Morgan fingerprint density at radius 1 is 1.25 bits per heavy atom. The van der Waals surface area contributed by atoms with Crippen LogP contribution in [0, 0.1) is 0 Å². The normalized spacial score (nSPS) is 16.8. The van der Waals surface area contributed by atoms with Crippen LogP contribution in [0.15, 0.2) is 12.5 Å². The Kier molecular flexibility index (Phi) is 1.86. The summed E-state index contributed by atoms with van der Waals surface area (Å²) in [6.45, 7) is 0. The largest absolute Gasteiger partial charge is 0.292 e. The van der Waals surface area contributed by atoms with Crippen molar-refractivity contribution in [2.75, 3.05) is 0 Å². The van der Waals surface area contributed by atoms with Crippen LogP contribution in [0.5, 0.6) is 0 Å². The molecule has 3 heteroatoms. The minimum atomic E-state index is 0.171. The second-order valence-corrected chi connectivity index (χ2v) is 3.03. The Balaban J connectivity index is 2.46. The average molecular weight is 162 g/mol. The van der Waals surface area contributed by atoms with Crippen molar-refractivity contribution < 1.29 is 4.79 Å². The number of aromatic nitrogens is 2. The van der Waals surface area contributed by atoms with Gasteiger partial charge < -0.3 is 0 Å². The fraction of sp³-hybridized carbons (Fsp3) is 0.444. The van der Waals surface area contributed by atoms with Crippen molar-refractivity contribution in [3.63, 3.8) is 0 Å². The van der Waals surface area contributed by atoms with E-state index in [1.165, 1.54) is 6.33 Å². The van der Waals surface area contributed by atoms with Crippen molar-refractivity contribution in [1.29, 1.82) is 0 Å². The van der Waals surface area contributed by atoms with E-state index in [2.05, 4.69) is 9.97 Å². The lowest BCUT2D eigenvalue weighted by Gasteiger charge is -1.99. The number of nitrogens with zero attached hydrogens (tertiary/aromatic N) is 2. The van der Waals surface area contributed by atoms with Crippen molar-refractivity contribution in [2.24, 2.45) is 0 Å². The molecule has 0 fully saturated rings. The molecule has 0 aliphatic heterocycles. The molecule has 1 aliphatic rings. The van der Waals surface area contributed by atoms with E-state index in [-0.39, 0.29) is 5.78 Å². The van der Waals surface area contributed by atoms with Gasteiger partial charge in [-0.3, -0.25) is 4.79 Å². The van der Waals surface area contributed by atoms with Gasteiger partial charge >= 0.3 is 0 Å². The summed E-state index contributed by atoms with van der Waals surface area (Å²) in [6.07, 6.45) is 6.85. The van der Waals surface area contributed by atoms with Gasteiger partial charge in [-0.2, -0.15) is 0 Å². The highest BCUT2D eigenvalue weighted by atomic mass is 16.1. The van der Waals surface area contributed by atoms with E-state index in [4.69, 9.17) is 0 Å². The van der Waals surface area contributed by atoms with Crippen LogP contribution in [0.3, 0.4) is 0 Å². The number of carbonyl (C=O) groups is 1. The van der Waals surface area contributed by atoms with E-state index in [1.54, 1.807) is 6.20 Å². The molecule has 0 N–H and O–H groups in total. The fourth-order valence-electron chi connectivity index (χ4n) is 1.51. The quantitative estimate of drug-likeness (QED) is 0.541.